The van der Waals surface area contributed by atoms with Crippen molar-refractivity contribution in [3.8, 4) is 6.07 Å². The van der Waals surface area contributed by atoms with Crippen LogP contribution < -0.4 is 5.32 Å². The second-order valence-electron chi connectivity index (χ2n) is 2.36. The highest BCUT2D eigenvalue weighted by Gasteiger charge is 2.08. The van der Waals surface area contributed by atoms with Crippen LogP contribution in [0.25, 0.3) is 5.65 Å². The molecule has 0 amide bonds. The van der Waals surface area contributed by atoms with E-state index in [0.29, 0.717) is 11.5 Å². The topological polar surface area (TPSA) is 78.9 Å². The van der Waals surface area contributed by atoms with E-state index in [1.54, 1.807) is 19.3 Å². The molecular formula is C7H6N6. The average molecular weight is 174 g/mol. The lowest BCUT2D eigenvalue weighted by Crippen LogP contribution is -2.05. The molecule has 0 aliphatic heterocycles. The molecule has 0 saturated heterocycles. The van der Waals surface area contributed by atoms with Gasteiger partial charge in [0.15, 0.2) is 11.5 Å². The molecule has 0 spiro atoms. The standard InChI is InChI=1S/C7H6N6/c1-9-7-5(4-8)11-12-6-2-3-10-13(6)7/h2-3,9H,1H3. The number of rotatable bonds is 1. The quantitative estimate of drug-likeness (QED) is 0.660. The largest absolute Gasteiger partial charge is 0.371 e. The summed E-state index contributed by atoms with van der Waals surface area (Å²) in [5, 5.41) is 23.1. The highest BCUT2D eigenvalue weighted by Crippen LogP contribution is 2.10. The van der Waals surface area contributed by atoms with E-state index in [1.807, 2.05) is 6.07 Å². The van der Waals surface area contributed by atoms with Crippen LogP contribution in [0.2, 0.25) is 0 Å². The number of nitrogens with one attached hydrogen (secondary N) is 1. The summed E-state index contributed by atoms with van der Waals surface area (Å²) >= 11 is 0. The molecule has 2 heterocycles. The van der Waals surface area contributed by atoms with E-state index in [1.165, 1.54) is 4.52 Å². The Kier molecular flexibility index (Phi) is 1.56. The summed E-state index contributed by atoms with van der Waals surface area (Å²) in [4.78, 5) is 0. The Morgan fingerprint density at radius 1 is 1.54 bits per heavy atom. The molecule has 0 atom stereocenters. The maximum Gasteiger partial charge on any atom is 0.205 e. The zero-order chi connectivity index (χ0) is 9.26. The SMILES string of the molecule is CNc1c(C#N)nnc2ccnn12. The van der Waals surface area contributed by atoms with Crippen molar-refractivity contribution >= 4 is 11.5 Å². The molecule has 2 aromatic heterocycles. The smallest absolute Gasteiger partial charge is 0.205 e. The first kappa shape index (κ1) is 7.49. The van der Waals surface area contributed by atoms with Crippen LogP contribution in [-0.4, -0.2) is 26.9 Å². The van der Waals surface area contributed by atoms with Gasteiger partial charge in [-0.2, -0.15) is 14.9 Å². The Bertz CT molecular complexity index is 479. The molecule has 0 fully saturated rings. The zero-order valence-electron chi connectivity index (χ0n) is 6.89. The minimum atomic E-state index is 0.235. The van der Waals surface area contributed by atoms with Gasteiger partial charge in [-0.25, -0.2) is 0 Å². The van der Waals surface area contributed by atoms with Crippen LogP contribution in [0.15, 0.2) is 12.3 Å². The summed E-state index contributed by atoms with van der Waals surface area (Å²) in [7, 11) is 1.71. The van der Waals surface area contributed by atoms with Crippen molar-refractivity contribution in [1.82, 2.24) is 19.8 Å². The lowest BCUT2D eigenvalue weighted by molar-refractivity contribution is 0.884. The first-order valence-electron chi connectivity index (χ1n) is 3.65. The molecule has 0 unspecified atom stereocenters. The highest BCUT2D eigenvalue weighted by molar-refractivity contribution is 5.53. The fourth-order valence-corrected chi connectivity index (χ4v) is 1.09. The second-order valence-corrected chi connectivity index (χ2v) is 2.36. The summed E-state index contributed by atoms with van der Waals surface area (Å²) in [6, 6.07) is 3.65. The van der Waals surface area contributed by atoms with Crippen molar-refractivity contribution in [2.75, 3.05) is 12.4 Å². The van der Waals surface area contributed by atoms with Crippen molar-refractivity contribution < 1.29 is 0 Å². The minimum absolute atomic E-state index is 0.235. The van der Waals surface area contributed by atoms with Crippen molar-refractivity contribution in [3.05, 3.63) is 18.0 Å². The Morgan fingerprint density at radius 2 is 2.38 bits per heavy atom. The Balaban J connectivity index is 2.84. The van der Waals surface area contributed by atoms with Gasteiger partial charge in [-0.15, -0.1) is 10.2 Å². The van der Waals surface area contributed by atoms with E-state index in [-0.39, 0.29) is 5.69 Å². The van der Waals surface area contributed by atoms with Crippen molar-refractivity contribution in [2.45, 2.75) is 0 Å². The fourth-order valence-electron chi connectivity index (χ4n) is 1.09. The average Bonchev–Trinajstić information content (AvgIpc) is 2.63. The molecule has 0 aliphatic carbocycles. The van der Waals surface area contributed by atoms with Crippen LogP contribution >= 0.6 is 0 Å². The highest BCUT2D eigenvalue weighted by atomic mass is 15.3. The van der Waals surface area contributed by atoms with E-state index < -0.39 is 0 Å². The molecule has 0 aliphatic rings. The molecule has 64 valence electrons. The first-order chi connectivity index (χ1) is 6.36. The third-order valence-electron chi connectivity index (χ3n) is 1.65. The number of fused-ring (bicyclic) bond motifs is 1. The first-order valence-corrected chi connectivity index (χ1v) is 3.65. The van der Waals surface area contributed by atoms with Crippen molar-refractivity contribution in [3.63, 3.8) is 0 Å². The molecule has 6 heteroatoms. The molecule has 6 nitrogen and oxygen atoms in total. The van der Waals surface area contributed by atoms with Gasteiger partial charge in [0.05, 0.1) is 6.20 Å². The molecule has 1 N–H and O–H groups in total. The van der Waals surface area contributed by atoms with E-state index in [2.05, 4.69) is 20.6 Å². The lowest BCUT2D eigenvalue weighted by atomic mass is 10.4. The van der Waals surface area contributed by atoms with Crippen molar-refractivity contribution in [1.29, 1.82) is 5.26 Å². The number of hydrogen-bond donors (Lipinski definition) is 1. The molecule has 2 rings (SSSR count). The summed E-state index contributed by atoms with van der Waals surface area (Å²) in [6.07, 6.45) is 1.60. The van der Waals surface area contributed by atoms with Crippen LogP contribution in [0.4, 0.5) is 5.82 Å². The van der Waals surface area contributed by atoms with Gasteiger partial charge in [-0.05, 0) is 0 Å². The third kappa shape index (κ3) is 0.980. The molecule has 0 saturated carbocycles. The molecule has 2 aromatic rings. The Labute approximate surface area is 73.8 Å². The van der Waals surface area contributed by atoms with Gasteiger partial charge in [0.2, 0.25) is 5.69 Å². The molecule has 0 bridgehead atoms. The molecular weight excluding hydrogens is 168 g/mol. The summed E-state index contributed by atoms with van der Waals surface area (Å²) < 4.78 is 1.53. The van der Waals surface area contributed by atoms with Crippen LogP contribution in [0, 0.1) is 11.3 Å². The number of aromatic nitrogens is 4. The van der Waals surface area contributed by atoms with Gasteiger partial charge < -0.3 is 5.32 Å². The van der Waals surface area contributed by atoms with Gasteiger partial charge >= 0.3 is 0 Å². The summed E-state index contributed by atoms with van der Waals surface area (Å²) in [6.45, 7) is 0. The van der Waals surface area contributed by atoms with E-state index >= 15 is 0 Å². The lowest BCUT2D eigenvalue weighted by Gasteiger charge is -2.02. The maximum absolute atomic E-state index is 8.71. The molecule has 0 radical (unpaired) electrons. The van der Waals surface area contributed by atoms with Gasteiger partial charge in [-0.3, -0.25) is 0 Å². The molecule has 13 heavy (non-hydrogen) atoms. The predicted octanol–water partition coefficient (Wildman–Crippen LogP) is 0.0377. The number of anilines is 1. The van der Waals surface area contributed by atoms with Crippen LogP contribution in [0.3, 0.4) is 0 Å². The molecule has 0 aromatic carbocycles. The number of hydrogen-bond acceptors (Lipinski definition) is 5. The number of nitriles is 1. The fraction of sp³-hybridized carbons (Fsp3) is 0.143. The number of nitrogens with zero attached hydrogens (tertiary/aromatic N) is 5. The van der Waals surface area contributed by atoms with E-state index in [4.69, 9.17) is 5.26 Å². The van der Waals surface area contributed by atoms with Gasteiger partial charge in [0.25, 0.3) is 0 Å². The Hall–Kier alpha value is -2.16. The van der Waals surface area contributed by atoms with Crippen molar-refractivity contribution in [2.24, 2.45) is 0 Å². The van der Waals surface area contributed by atoms with E-state index in [0.717, 1.165) is 0 Å². The summed E-state index contributed by atoms with van der Waals surface area (Å²) in [5.74, 6) is 0.553. The zero-order valence-corrected chi connectivity index (χ0v) is 6.89. The second kappa shape index (κ2) is 2.71. The van der Waals surface area contributed by atoms with Gasteiger partial charge in [0, 0.05) is 13.1 Å². The van der Waals surface area contributed by atoms with Gasteiger partial charge in [-0.1, -0.05) is 0 Å². The Morgan fingerprint density at radius 3 is 3.08 bits per heavy atom. The monoisotopic (exact) mass is 174 g/mol. The van der Waals surface area contributed by atoms with Crippen LogP contribution in [0.5, 0.6) is 0 Å². The predicted molar refractivity (Wildman–Crippen MR) is 45.0 cm³/mol. The van der Waals surface area contributed by atoms with E-state index in [9.17, 15) is 0 Å². The van der Waals surface area contributed by atoms with Crippen LogP contribution in [-0.2, 0) is 0 Å². The van der Waals surface area contributed by atoms with Crippen LogP contribution in [0.1, 0.15) is 5.69 Å². The van der Waals surface area contributed by atoms with Gasteiger partial charge in [0.1, 0.15) is 6.07 Å². The maximum atomic E-state index is 8.71. The minimum Gasteiger partial charge on any atom is -0.371 e. The normalized spacial score (nSPS) is 9.85. The third-order valence-corrected chi connectivity index (χ3v) is 1.65. The summed E-state index contributed by atoms with van der Waals surface area (Å²) in [5.41, 5.74) is 0.849.